The summed E-state index contributed by atoms with van der Waals surface area (Å²) in [5.41, 5.74) is 0.184. The zero-order valence-electron chi connectivity index (χ0n) is 13.0. The van der Waals surface area contributed by atoms with Crippen LogP contribution in [0.3, 0.4) is 0 Å². The molecule has 0 bridgehead atoms. The van der Waals surface area contributed by atoms with Crippen molar-refractivity contribution >= 4 is 40.0 Å². The molecule has 0 saturated heterocycles. The number of nitrogens with zero attached hydrogens (tertiary/aromatic N) is 4. The summed E-state index contributed by atoms with van der Waals surface area (Å²) in [6.07, 6.45) is 0. The number of anilines is 1. The number of nitrogens with one attached hydrogen (secondary N) is 1. The predicted octanol–water partition coefficient (Wildman–Crippen LogP) is 2.05. The van der Waals surface area contributed by atoms with Crippen LogP contribution in [-0.2, 0) is 4.79 Å². The number of aryl methyl sites for hydroxylation is 1. The van der Waals surface area contributed by atoms with Gasteiger partial charge in [-0.2, -0.15) is 0 Å². The lowest BCUT2D eigenvalue weighted by Gasteiger charge is -2.17. The molecule has 0 aliphatic carbocycles. The van der Waals surface area contributed by atoms with Crippen molar-refractivity contribution in [2.75, 3.05) is 24.2 Å². The van der Waals surface area contributed by atoms with Crippen LogP contribution in [-0.4, -0.2) is 50.9 Å². The van der Waals surface area contributed by atoms with Gasteiger partial charge in [-0.25, -0.2) is 0 Å². The molecule has 2 aromatic rings. The topological polar surface area (TPSA) is 101 Å². The first kappa shape index (κ1) is 17.4. The quantitative estimate of drug-likeness (QED) is 0.599. The summed E-state index contributed by atoms with van der Waals surface area (Å²) < 4.78 is 5.47. The fourth-order valence-corrected chi connectivity index (χ4v) is 3.39. The maximum Gasteiger partial charge on any atom is 0.279 e. The van der Waals surface area contributed by atoms with E-state index in [-0.39, 0.29) is 11.6 Å². The van der Waals surface area contributed by atoms with E-state index in [2.05, 4.69) is 20.7 Å². The Morgan fingerprint density at radius 3 is 2.70 bits per heavy atom. The Labute approximate surface area is 141 Å². The van der Waals surface area contributed by atoms with Crippen molar-refractivity contribution in [2.45, 2.75) is 25.1 Å². The molecule has 0 aromatic carbocycles. The number of rotatable bonds is 7. The van der Waals surface area contributed by atoms with Gasteiger partial charge in [-0.15, -0.1) is 10.2 Å². The zero-order chi connectivity index (χ0) is 16.8. The van der Waals surface area contributed by atoms with Gasteiger partial charge in [0.1, 0.15) is 5.76 Å². The lowest BCUT2D eigenvalue weighted by atomic mass is 10.4. The second kappa shape index (κ2) is 8.06. The Kier molecular flexibility index (Phi) is 6.11. The van der Waals surface area contributed by atoms with Crippen LogP contribution in [0.1, 0.15) is 30.1 Å². The van der Waals surface area contributed by atoms with Crippen molar-refractivity contribution < 1.29 is 14.1 Å². The molecule has 0 fully saturated rings. The molecule has 1 N–H and O–H groups in total. The minimum Gasteiger partial charge on any atom is -0.361 e. The monoisotopic (exact) mass is 355 g/mol. The van der Waals surface area contributed by atoms with Crippen molar-refractivity contribution in [3.63, 3.8) is 0 Å². The number of thioether (sulfide) groups is 1. The molecule has 0 unspecified atom stereocenters. The summed E-state index contributed by atoms with van der Waals surface area (Å²) in [7, 11) is 0. The highest BCUT2D eigenvalue weighted by Gasteiger charge is 2.15. The molecule has 0 saturated carbocycles. The Balaban J connectivity index is 1.88. The van der Waals surface area contributed by atoms with Gasteiger partial charge in [-0.1, -0.05) is 28.3 Å². The molecule has 2 amide bonds. The van der Waals surface area contributed by atoms with Crippen molar-refractivity contribution in [1.29, 1.82) is 0 Å². The molecule has 2 aromatic heterocycles. The van der Waals surface area contributed by atoms with E-state index >= 15 is 0 Å². The lowest BCUT2D eigenvalue weighted by molar-refractivity contribution is -0.127. The Morgan fingerprint density at radius 1 is 1.35 bits per heavy atom. The Hall–Kier alpha value is -1.94. The average molecular weight is 355 g/mol. The summed E-state index contributed by atoms with van der Waals surface area (Å²) in [6, 6.07) is 1.54. The van der Waals surface area contributed by atoms with E-state index in [1.165, 1.54) is 29.2 Å². The molecule has 8 nitrogen and oxygen atoms in total. The normalized spacial score (nSPS) is 10.6. The van der Waals surface area contributed by atoms with E-state index in [1.54, 1.807) is 11.8 Å². The summed E-state index contributed by atoms with van der Waals surface area (Å²) in [5, 5.41) is 14.4. The number of hydrogen-bond donors (Lipinski definition) is 1. The summed E-state index contributed by atoms with van der Waals surface area (Å²) in [6.45, 7) is 6.96. The minimum atomic E-state index is -0.409. The molecule has 10 heteroatoms. The number of hydrogen-bond acceptors (Lipinski definition) is 8. The predicted molar refractivity (Wildman–Crippen MR) is 87.8 cm³/mol. The van der Waals surface area contributed by atoms with Crippen LogP contribution >= 0.6 is 23.1 Å². The summed E-state index contributed by atoms with van der Waals surface area (Å²) >= 11 is 2.51. The molecule has 2 heterocycles. The molecular weight excluding hydrogens is 338 g/mol. The molecule has 0 aliphatic rings. The lowest BCUT2D eigenvalue weighted by Crippen LogP contribution is -2.31. The molecule has 0 radical (unpaired) electrons. The fourth-order valence-electron chi connectivity index (χ4n) is 1.74. The first-order valence-corrected chi connectivity index (χ1v) is 8.82. The highest BCUT2D eigenvalue weighted by Crippen LogP contribution is 2.26. The van der Waals surface area contributed by atoms with E-state index in [4.69, 9.17) is 4.52 Å². The van der Waals surface area contributed by atoms with Crippen LogP contribution in [0.2, 0.25) is 0 Å². The summed E-state index contributed by atoms with van der Waals surface area (Å²) in [5.74, 6) is 0.499. The van der Waals surface area contributed by atoms with Crippen molar-refractivity contribution in [3.05, 3.63) is 17.5 Å². The zero-order valence-corrected chi connectivity index (χ0v) is 14.7. The summed E-state index contributed by atoms with van der Waals surface area (Å²) in [4.78, 5) is 25.6. The van der Waals surface area contributed by atoms with Crippen LogP contribution in [0.15, 0.2) is 14.9 Å². The molecule has 23 heavy (non-hydrogen) atoms. The van der Waals surface area contributed by atoms with E-state index in [0.717, 1.165) is 0 Å². The molecule has 0 aliphatic heterocycles. The molecule has 0 spiro atoms. The number of carbonyl (C=O) groups excluding carboxylic acids is 2. The maximum atomic E-state index is 11.9. The Bertz CT molecular complexity index is 681. The molecule has 2 rings (SSSR count). The first-order chi connectivity index (χ1) is 11.0. The second-order valence-electron chi connectivity index (χ2n) is 4.50. The number of carbonyl (C=O) groups is 2. The SMILES string of the molecule is CCN(CC)C(=O)CSc1nnc(NC(=O)c2cc(C)on2)s1. The van der Waals surface area contributed by atoms with Crippen molar-refractivity contribution in [3.8, 4) is 0 Å². The van der Waals surface area contributed by atoms with Gasteiger partial charge in [0.15, 0.2) is 10.0 Å². The largest absolute Gasteiger partial charge is 0.361 e. The van der Waals surface area contributed by atoms with Gasteiger partial charge in [0.25, 0.3) is 5.91 Å². The number of amides is 2. The van der Waals surface area contributed by atoms with Crippen LogP contribution in [0.4, 0.5) is 5.13 Å². The third-order valence-corrected chi connectivity index (χ3v) is 4.88. The minimum absolute atomic E-state index is 0.0545. The van der Waals surface area contributed by atoms with Crippen LogP contribution in [0, 0.1) is 6.92 Å². The van der Waals surface area contributed by atoms with Gasteiger partial charge < -0.3 is 9.42 Å². The highest BCUT2D eigenvalue weighted by molar-refractivity contribution is 8.01. The maximum absolute atomic E-state index is 11.9. The molecule has 124 valence electrons. The van der Waals surface area contributed by atoms with Gasteiger partial charge in [0, 0.05) is 19.2 Å². The van der Waals surface area contributed by atoms with Gasteiger partial charge in [-0.3, -0.25) is 14.9 Å². The van der Waals surface area contributed by atoms with E-state index in [1.807, 2.05) is 13.8 Å². The Morgan fingerprint density at radius 2 is 2.09 bits per heavy atom. The molecule has 0 atom stereocenters. The highest BCUT2D eigenvalue weighted by atomic mass is 32.2. The van der Waals surface area contributed by atoms with E-state index in [9.17, 15) is 9.59 Å². The fraction of sp³-hybridized carbons (Fsp3) is 0.462. The smallest absolute Gasteiger partial charge is 0.279 e. The number of aromatic nitrogens is 3. The van der Waals surface area contributed by atoms with Crippen molar-refractivity contribution in [2.24, 2.45) is 0 Å². The third kappa shape index (κ3) is 4.76. The third-order valence-electron chi connectivity index (χ3n) is 2.92. The first-order valence-electron chi connectivity index (χ1n) is 7.02. The van der Waals surface area contributed by atoms with Gasteiger partial charge in [0.05, 0.1) is 5.75 Å². The van der Waals surface area contributed by atoms with E-state index < -0.39 is 5.91 Å². The van der Waals surface area contributed by atoms with Gasteiger partial charge >= 0.3 is 0 Å². The van der Waals surface area contributed by atoms with Crippen LogP contribution < -0.4 is 5.32 Å². The van der Waals surface area contributed by atoms with Crippen LogP contribution in [0.5, 0.6) is 0 Å². The second-order valence-corrected chi connectivity index (χ2v) is 6.70. The van der Waals surface area contributed by atoms with Gasteiger partial charge in [0.2, 0.25) is 11.0 Å². The van der Waals surface area contributed by atoms with Gasteiger partial charge in [-0.05, 0) is 20.8 Å². The molecular formula is C13H17N5O3S2. The van der Waals surface area contributed by atoms with Crippen molar-refractivity contribution in [1.82, 2.24) is 20.3 Å². The standard InChI is InChI=1S/C13H17N5O3S2/c1-4-18(5-2)10(19)7-22-13-16-15-12(23-13)14-11(20)9-6-8(3)21-17-9/h6H,4-5,7H2,1-3H3,(H,14,15,20). The van der Waals surface area contributed by atoms with E-state index in [0.29, 0.717) is 34.1 Å². The average Bonchev–Trinajstić information content (AvgIpc) is 3.15. The van der Waals surface area contributed by atoms with Crippen LogP contribution in [0.25, 0.3) is 0 Å².